The highest BCUT2D eigenvalue weighted by Gasteiger charge is 2.16. The molecule has 0 aromatic rings. The lowest BCUT2D eigenvalue weighted by molar-refractivity contribution is -0.117. The monoisotopic (exact) mass is 182 g/mol. The maximum atomic E-state index is 10.9. The Morgan fingerprint density at radius 3 is 3.00 bits per heavy atom. The standard InChI is InChI=1S/C8H10N2OS/c1-5(2)9-8-6(3)12-4-7(11)10-8/h1,3-4H2,2H3,(H,9,10,11). The number of aliphatic imine (C=N–C) groups is 1. The first-order chi connectivity index (χ1) is 5.59. The fraction of sp³-hybridized carbons (Fsp3) is 0.250. The van der Waals surface area contributed by atoms with Crippen LogP contribution in [0.2, 0.25) is 0 Å². The summed E-state index contributed by atoms with van der Waals surface area (Å²) in [4.78, 5) is 15.7. The van der Waals surface area contributed by atoms with Crippen molar-refractivity contribution in [1.29, 1.82) is 0 Å². The van der Waals surface area contributed by atoms with Crippen molar-refractivity contribution < 1.29 is 4.79 Å². The van der Waals surface area contributed by atoms with E-state index < -0.39 is 0 Å². The minimum atomic E-state index is -0.0348. The molecule has 1 rings (SSSR count). The van der Waals surface area contributed by atoms with E-state index in [2.05, 4.69) is 23.5 Å². The van der Waals surface area contributed by atoms with Gasteiger partial charge >= 0.3 is 0 Å². The van der Waals surface area contributed by atoms with Crippen LogP contribution >= 0.6 is 11.8 Å². The van der Waals surface area contributed by atoms with Crippen LogP contribution < -0.4 is 5.32 Å². The van der Waals surface area contributed by atoms with Crippen LogP contribution in [0.15, 0.2) is 28.8 Å². The van der Waals surface area contributed by atoms with Gasteiger partial charge in [0.25, 0.3) is 0 Å². The van der Waals surface area contributed by atoms with E-state index in [1.165, 1.54) is 11.8 Å². The Morgan fingerprint density at radius 1 is 1.75 bits per heavy atom. The van der Waals surface area contributed by atoms with Gasteiger partial charge in [0.2, 0.25) is 5.91 Å². The number of carbonyl (C=O) groups excluding carboxylic acids is 1. The number of nitrogens with one attached hydrogen (secondary N) is 1. The number of allylic oxidation sites excluding steroid dienone is 1. The number of rotatable bonds is 1. The van der Waals surface area contributed by atoms with Gasteiger partial charge in [-0.25, -0.2) is 4.99 Å². The Kier molecular flexibility index (Phi) is 2.70. The molecule has 0 saturated carbocycles. The van der Waals surface area contributed by atoms with E-state index in [0.717, 1.165) is 4.91 Å². The van der Waals surface area contributed by atoms with Crippen molar-refractivity contribution in [1.82, 2.24) is 5.32 Å². The molecule has 1 heterocycles. The molecule has 0 aliphatic carbocycles. The summed E-state index contributed by atoms with van der Waals surface area (Å²) in [5, 5.41) is 2.63. The Morgan fingerprint density at radius 2 is 2.42 bits per heavy atom. The largest absolute Gasteiger partial charge is 0.309 e. The van der Waals surface area contributed by atoms with Crippen LogP contribution in [0, 0.1) is 0 Å². The van der Waals surface area contributed by atoms with Crippen LogP contribution in [0.4, 0.5) is 0 Å². The molecule has 0 atom stereocenters. The normalized spacial score (nSPS) is 20.9. The molecule has 0 bridgehead atoms. The van der Waals surface area contributed by atoms with Crippen molar-refractivity contribution in [3.05, 3.63) is 23.8 Å². The number of carbonyl (C=O) groups is 1. The van der Waals surface area contributed by atoms with E-state index in [1.807, 2.05) is 0 Å². The Hall–Kier alpha value is -1.03. The van der Waals surface area contributed by atoms with Gasteiger partial charge in [0.15, 0.2) is 0 Å². The van der Waals surface area contributed by atoms with Crippen LogP contribution in [0.5, 0.6) is 0 Å². The Balaban J connectivity index is 2.80. The lowest BCUT2D eigenvalue weighted by atomic mass is 10.5. The summed E-state index contributed by atoms with van der Waals surface area (Å²) in [6.07, 6.45) is 0. The molecule has 1 saturated heterocycles. The quantitative estimate of drug-likeness (QED) is 0.664. The van der Waals surface area contributed by atoms with Crippen LogP contribution in [0.25, 0.3) is 0 Å². The first-order valence-electron chi connectivity index (χ1n) is 3.45. The van der Waals surface area contributed by atoms with Crippen molar-refractivity contribution >= 4 is 23.5 Å². The highest BCUT2D eigenvalue weighted by molar-refractivity contribution is 8.04. The van der Waals surface area contributed by atoms with Crippen molar-refractivity contribution in [2.45, 2.75) is 6.92 Å². The van der Waals surface area contributed by atoms with Crippen molar-refractivity contribution in [2.24, 2.45) is 4.99 Å². The Bertz CT molecular complexity index is 281. The summed E-state index contributed by atoms with van der Waals surface area (Å²) >= 11 is 1.40. The summed E-state index contributed by atoms with van der Waals surface area (Å²) in [5.41, 5.74) is 0.661. The van der Waals surface area contributed by atoms with Gasteiger partial charge in [-0.3, -0.25) is 4.79 Å². The predicted molar refractivity (Wildman–Crippen MR) is 52.0 cm³/mol. The minimum absolute atomic E-state index is 0.0348. The number of amides is 1. The van der Waals surface area contributed by atoms with Gasteiger partial charge in [0.05, 0.1) is 5.75 Å². The number of hydrogen-bond acceptors (Lipinski definition) is 3. The summed E-state index contributed by atoms with van der Waals surface area (Å²) < 4.78 is 0. The predicted octanol–water partition coefficient (Wildman–Crippen LogP) is 1.30. The lowest BCUT2D eigenvalue weighted by Crippen LogP contribution is -2.36. The molecule has 0 unspecified atom stereocenters. The zero-order chi connectivity index (χ0) is 9.14. The molecule has 3 nitrogen and oxygen atoms in total. The molecule has 0 aromatic carbocycles. The van der Waals surface area contributed by atoms with Gasteiger partial charge in [0.1, 0.15) is 5.84 Å². The highest BCUT2D eigenvalue weighted by Crippen LogP contribution is 2.18. The molecule has 64 valence electrons. The van der Waals surface area contributed by atoms with E-state index in [4.69, 9.17) is 0 Å². The van der Waals surface area contributed by atoms with Gasteiger partial charge in [-0.05, 0) is 6.92 Å². The SMILES string of the molecule is C=C(C)N=C1NC(=O)CSC1=C. The molecule has 12 heavy (non-hydrogen) atoms. The third kappa shape index (κ3) is 2.23. The second kappa shape index (κ2) is 3.58. The smallest absolute Gasteiger partial charge is 0.235 e. The van der Waals surface area contributed by atoms with Crippen LogP contribution in [0.1, 0.15) is 6.92 Å². The molecule has 1 amide bonds. The number of hydrogen-bond donors (Lipinski definition) is 1. The summed E-state index contributed by atoms with van der Waals surface area (Å²) in [6, 6.07) is 0. The third-order valence-corrected chi connectivity index (χ3v) is 2.15. The summed E-state index contributed by atoms with van der Waals surface area (Å²) in [5.74, 6) is 0.921. The molecule has 1 N–H and O–H groups in total. The van der Waals surface area contributed by atoms with Crippen molar-refractivity contribution in [3.63, 3.8) is 0 Å². The molecule has 4 heteroatoms. The molecule has 0 spiro atoms. The fourth-order valence-electron chi connectivity index (χ4n) is 0.740. The van der Waals surface area contributed by atoms with Crippen LogP contribution in [0.3, 0.4) is 0 Å². The van der Waals surface area contributed by atoms with Crippen molar-refractivity contribution in [3.8, 4) is 0 Å². The molecule has 1 fully saturated rings. The maximum Gasteiger partial charge on any atom is 0.235 e. The molecular formula is C8H10N2OS. The molecular weight excluding hydrogens is 172 g/mol. The summed E-state index contributed by atoms with van der Waals surface area (Å²) in [7, 11) is 0. The average molecular weight is 182 g/mol. The van der Waals surface area contributed by atoms with Gasteiger partial charge in [-0.1, -0.05) is 13.2 Å². The first kappa shape index (κ1) is 9.06. The zero-order valence-corrected chi connectivity index (χ0v) is 7.70. The first-order valence-corrected chi connectivity index (χ1v) is 4.44. The number of amidine groups is 1. The van der Waals surface area contributed by atoms with Gasteiger partial charge in [0, 0.05) is 10.6 Å². The van der Waals surface area contributed by atoms with Gasteiger partial charge in [-0.15, -0.1) is 11.8 Å². The van der Waals surface area contributed by atoms with E-state index in [9.17, 15) is 4.79 Å². The molecule has 1 aliphatic heterocycles. The Labute approximate surface area is 75.6 Å². The molecule has 0 radical (unpaired) electrons. The van der Waals surface area contributed by atoms with Gasteiger partial charge in [-0.2, -0.15) is 0 Å². The second-order valence-electron chi connectivity index (χ2n) is 2.46. The maximum absolute atomic E-state index is 10.9. The van der Waals surface area contributed by atoms with E-state index in [1.54, 1.807) is 6.92 Å². The summed E-state index contributed by atoms with van der Waals surface area (Å²) in [6.45, 7) is 9.15. The van der Waals surface area contributed by atoms with Crippen LogP contribution in [-0.2, 0) is 4.79 Å². The van der Waals surface area contributed by atoms with Crippen LogP contribution in [-0.4, -0.2) is 17.5 Å². The molecule has 0 aromatic heterocycles. The fourth-order valence-corrected chi connectivity index (χ4v) is 1.35. The van der Waals surface area contributed by atoms with E-state index >= 15 is 0 Å². The number of thioether (sulfide) groups is 1. The topological polar surface area (TPSA) is 41.5 Å². The zero-order valence-electron chi connectivity index (χ0n) is 6.89. The van der Waals surface area contributed by atoms with E-state index in [0.29, 0.717) is 17.3 Å². The van der Waals surface area contributed by atoms with Gasteiger partial charge < -0.3 is 5.32 Å². The van der Waals surface area contributed by atoms with Crippen molar-refractivity contribution in [2.75, 3.05) is 5.75 Å². The second-order valence-corrected chi connectivity index (χ2v) is 3.53. The average Bonchev–Trinajstić information content (AvgIpc) is 1.96. The van der Waals surface area contributed by atoms with E-state index in [-0.39, 0.29) is 5.91 Å². The lowest BCUT2D eigenvalue weighted by Gasteiger charge is -2.15. The third-order valence-electron chi connectivity index (χ3n) is 1.20. The number of nitrogens with zero attached hydrogens (tertiary/aromatic N) is 1. The molecule has 1 aliphatic rings. The highest BCUT2D eigenvalue weighted by atomic mass is 32.2. The minimum Gasteiger partial charge on any atom is -0.309 e.